The van der Waals surface area contributed by atoms with Crippen LogP contribution < -0.4 is 0 Å². The fourth-order valence-electron chi connectivity index (χ4n) is 11.0. The highest BCUT2D eigenvalue weighted by Gasteiger charge is 2.29. The second kappa shape index (κ2) is 82.4. The minimum atomic E-state index is -4.95. The highest BCUT2D eigenvalue weighted by Crippen LogP contribution is 2.45. The zero-order valence-electron chi connectivity index (χ0n) is 68.2. The lowest BCUT2D eigenvalue weighted by atomic mass is 10.0. The Morgan fingerprint density at radius 1 is 0.266 bits per heavy atom. The topological polar surface area (TPSA) is 231 Å². The van der Waals surface area contributed by atoms with Crippen molar-refractivity contribution in [3.05, 3.63) is 170 Å². The molecule has 0 bridgehead atoms. The van der Waals surface area contributed by atoms with E-state index in [1.165, 1.54) is 96.3 Å². The normalized spacial score (nSPS) is 14.7. The maximum atomic E-state index is 13.0. The van der Waals surface area contributed by atoms with E-state index in [0.717, 1.165) is 173 Å². The summed E-state index contributed by atoms with van der Waals surface area (Å²) < 4.78 is 61.3. The predicted octanol–water partition coefficient (Wildman–Crippen LogP) is 25.5. The molecule has 0 aromatic heterocycles. The number of allylic oxidation sites excluding steroid dienone is 28. The summed E-state index contributed by atoms with van der Waals surface area (Å²) in [6.07, 6.45) is 105. The molecule has 0 radical (unpaired) electrons. The van der Waals surface area contributed by atoms with Gasteiger partial charge in [-0.25, -0.2) is 9.13 Å². The molecule has 0 heterocycles. The number of aliphatic hydroxyl groups excluding tert-OH is 2. The van der Waals surface area contributed by atoms with E-state index in [2.05, 4.69) is 191 Å². The van der Waals surface area contributed by atoms with Gasteiger partial charge in [-0.2, -0.15) is 0 Å². The van der Waals surface area contributed by atoms with Crippen molar-refractivity contribution in [3.63, 3.8) is 0 Å². The second-order valence-electron chi connectivity index (χ2n) is 27.9. The standard InChI is InChI=1S/C91H152O16P2/c1-4-7-10-13-16-19-22-25-28-31-34-37-38-39-40-41-42-43-44-45-46-49-51-53-56-59-62-65-68-71-74-77-89(94)101-80-86(92)81-103-108(97,98)104-82-87(93)83-105-109(99,100)106-85-88(107-91(96)79-76-73-70-67-64-61-58-55-52-48-36-33-30-27-24-21-18-15-12-9-6-3)84-102-90(95)78-75-72-69-66-63-60-57-54-50-47-35-32-29-26-23-20-17-14-11-8-5-2/h7-8,10-11,16-21,25-30,34-37,39-40,47-48,54-55,57-58,86-88,92-93H,4-6,9,12-15,22-24,31-33,38,41-46,49-53,56,59-85H2,1-3H3,(H,97,98)(H,99,100)/b10-7-,11-8-,19-16-,20-17-,21-18-,28-25-,29-26-,30-27-,37-34-,40-39-,47-35-,48-36-,57-54-,58-55-. The van der Waals surface area contributed by atoms with Crippen molar-refractivity contribution in [3.8, 4) is 0 Å². The van der Waals surface area contributed by atoms with Crippen LogP contribution in [0, 0.1) is 0 Å². The van der Waals surface area contributed by atoms with Crippen LogP contribution in [0.3, 0.4) is 0 Å². The number of hydrogen-bond acceptors (Lipinski definition) is 14. The monoisotopic (exact) mass is 1560 g/mol. The van der Waals surface area contributed by atoms with Crippen LogP contribution in [-0.4, -0.2) is 95.9 Å². The van der Waals surface area contributed by atoms with Crippen molar-refractivity contribution in [2.45, 2.75) is 347 Å². The maximum absolute atomic E-state index is 13.0. The van der Waals surface area contributed by atoms with Gasteiger partial charge < -0.3 is 34.2 Å². The van der Waals surface area contributed by atoms with Gasteiger partial charge in [0, 0.05) is 19.3 Å². The van der Waals surface area contributed by atoms with E-state index in [-0.39, 0.29) is 19.3 Å². The van der Waals surface area contributed by atoms with Crippen LogP contribution in [0.2, 0.25) is 0 Å². The molecule has 16 nitrogen and oxygen atoms in total. The minimum Gasteiger partial charge on any atom is -0.463 e. The first-order chi connectivity index (χ1) is 53.2. The second-order valence-corrected chi connectivity index (χ2v) is 30.8. The lowest BCUT2D eigenvalue weighted by Gasteiger charge is -2.21. The number of esters is 3. The summed E-state index contributed by atoms with van der Waals surface area (Å²) in [7, 11) is -9.82. The molecule has 0 aliphatic rings. The Hall–Kier alpha value is -5.09. The van der Waals surface area contributed by atoms with E-state index >= 15 is 0 Å². The van der Waals surface area contributed by atoms with Crippen molar-refractivity contribution in [1.29, 1.82) is 0 Å². The Morgan fingerprint density at radius 3 is 0.771 bits per heavy atom. The quantitative estimate of drug-likeness (QED) is 0.0146. The molecule has 0 aliphatic heterocycles. The van der Waals surface area contributed by atoms with Crippen LogP contribution in [-0.2, 0) is 55.8 Å². The number of unbranched alkanes of at least 4 members (excludes halogenated alkanes) is 28. The Morgan fingerprint density at radius 2 is 0.486 bits per heavy atom. The largest absolute Gasteiger partial charge is 0.472 e. The lowest BCUT2D eigenvalue weighted by molar-refractivity contribution is -0.161. The fourth-order valence-corrected chi connectivity index (χ4v) is 12.6. The van der Waals surface area contributed by atoms with Crippen molar-refractivity contribution < 1.29 is 75.8 Å². The van der Waals surface area contributed by atoms with E-state index in [9.17, 15) is 43.5 Å². The zero-order valence-corrected chi connectivity index (χ0v) is 70.0. The molecule has 0 fully saturated rings. The molecule has 18 heteroatoms. The van der Waals surface area contributed by atoms with Gasteiger partial charge in [-0.1, -0.05) is 326 Å². The number of aliphatic hydroxyl groups is 2. The van der Waals surface area contributed by atoms with E-state index < -0.39 is 91.5 Å². The summed E-state index contributed by atoms with van der Waals surface area (Å²) in [6, 6.07) is 0. The summed E-state index contributed by atoms with van der Waals surface area (Å²) in [5.41, 5.74) is 0. The Kier molecular flexibility index (Phi) is 78.5. The molecule has 4 N–H and O–H groups in total. The predicted molar refractivity (Wildman–Crippen MR) is 454 cm³/mol. The Labute approximate surface area is 662 Å². The van der Waals surface area contributed by atoms with Crippen LogP contribution in [0.4, 0.5) is 0 Å². The summed E-state index contributed by atoms with van der Waals surface area (Å²) in [4.78, 5) is 58.8. The molecule has 622 valence electrons. The van der Waals surface area contributed by atoms with Gasteiger partial charge in [0.05, 0.1) is 26.4 Å². The average Bonchev–Trinajstić information content (AvgIpc) is 0.903. The van der Waals surface area contributed by atoms with Crippen molar-refractivity contribution >= 4 is 33.6 Å². The molecule has 0 saturated carbocycles. The first kappa shape index (κ1) is 104. The summed E-state index contributed by atoms with van der Waals surface area (Å²) in [6.45, 7) is 2.39. The highest BCUT2D eigenvalue weighted by atomic mass is 31.2. The smallest absolute Gasteiger partial charge is 0.463 e. The molecule has 0 rings (SSSR count). The van der Waals surface area contributed by atoms with Gasteiger partial charge in [-0.05, 0) is 154 Å². The summed E-state index contributed by atoms with van der Waals surface area (Å²) >= 11 is 0. The van der Waals surface area contributed by atoms with Crippen LogP contribution in [0.15, 0.2) is 170 Å². The molecule has 0 amide bonds. The third-order valence-corrected chi connectivity index (χ3v) is 19.3. The molecule has 5 unspecified atom stereocenters. The average molecular weight is 1560 g/mol. The minimum absolute atomic E-state index is 0.0735. The van der Waals surface area contributed by atoms with Gasteiger partial charge in [0.25, 0.3) is 0 Å². The number of rotatable bonds is 79. The Balaban J connectivity index is 4.61. The molecular weight excluding hydrogens is 1410 g/mol. The van der Waals surface area contributed by atoms with Crippen molar-refractivity contribution in [2.24, 2.45) is 0 Å². The molecule has 0 aliphatic carbocycles. The fraction of sp³-hybridized carbons (Fsp3) is 0.659. The van der Waals surface area contributed by atoms with E-state index in [0.29, 0.717) is 19.3 Å². The first-order valence-electron chi connectivity index (χ1n) is 42.4. The molecule has 0 aromatic carbocycles. The van der Waals surface area contributed by atoms with Crippen LogP contribution in [0.5, 0.6) is 0 Å². The van der Waals surface area contributed by atoms with Crippen LogP contribution >= 0.6 is 15.6 Å². The number of phosphoric ester groups is 2. The number of ether oxygens (including phenoxy) is 3. The SMILES string of the molecule is CC/C=C\C/C=C\C/C=C\C/C=C\C/C=C\CCCCCCCCCCCCCCCCCC(=O)OCC(O)COP(=O)(O)OCC(O)COP(=O)(O)OCC(COC(=O)CCCCCCC/C=C\C/C=C\C/C=C\C/C=C\C/C=C\CC)OC(=O)CCCCCCC/C=C\C/C=C\C/C=C\C/C=C\CCCCC. The van der Waals surface area contributed by atoms with Crippen molar-refractivity contribution in [1.82, 2.24) is 0 Å². The van der Waals surface area contributed by atoms with E-state index in [1.54, 1.807) is 0 Å². The number of carbonyl (C=O) groups is 3. The number of carbonyl (C=O) groups excluding carboxylic acids is 3. The van der Waals surface area contributed by atoms with Gasteiger partial charge in [-0.3, -0.25) is 32.5 Å². The van der Waals surface area contributed by atoms with E-state index in [4.69, 9.17) is 32.3 Å². The number of phosphoric acid groups is 2. The van der Waals surface area contributed by atoms with Gasteiger partial charge >= 0.3 is 33.6 Å². The zero-order chi connectivity index (χ0) is 79.4. The molecule has 0 saturated heterocycles. The number of hydrogen-bond donors (Lipinski definition) is 4. The van der Waals surface area contributed by atoms with Crippen LogP contribution in [0.1, 0.15) is 329 Å². The molecule has 0 aromatic rings. The van der Waals surface area contributed by atoms with Crippen molar-refractivity contribution in [2.75, 3.05) is 39.6 Å². The van der Waals surface area contributed by atoms with Gasteiger partial charge in [0.1, 0.15) is 25.4 Å². The third kappa shape index (κ3) is 83.7. The molecule has 5 atom stereocenters. The lowest BCUT2D eigenvalue weighted by Crippen LogP contribution is -2.30. The summed E-state index contributed by atoms with van der Waals surface area (Å²) in [5.74, 6) is -1.62. The molecular formula is C91H152O16P2. The van der Waals surface area contributed by atoms with Crippen LogP contribution in [0.25, 0.3) is 0 Å². The highest BCUT2D eigenvalue weighted by molar-refractivity contribution is 7.47. The molecule has 0 spiro atoms. The Bertz CT molecular complexity index is 2660. The van der Waals surface area contributed by atoms with Gasteiger partial charge in [-0.15, -0.1) is 0 Å². The molecule has 109 heavy (non-hydrogen) atoms. The third-order valence-electron chi connectivity index (χ3n) is 17.4. The summed E-state index contributed by atoms with van der Waals surface area (Å²) in [5, 5.41) is 20.7. The van der Waals surface area contributed by atoms with E-state index in [1.807, 2.05) is 0 Å². The maximum Gasteiger partial charge on any atom is 0.472 e. The van der Waals surface area contributed by atoms with Gasteiger partial charge in [0.15, 0.2) is 6.10 Å². The first-order valence-corrected chi connectivity index (χ1v) is 45.4. The van der Waals surface area contributed by atoms with Gasteiger partial charge in [0.2, 0.25) is 0 Å².